The number of benzene rings is 2. The second kappa shape index (κ2) is 11.2. The number of aliphatic hydroxyl groups excluding tert-OH is 1. The van der Waals surface area contributed by atoms with Crippen LogP contribution in [0.3, 0.4) is 0 Å². The molecule has 0 spiro atoms. The highest BCUT2D eigenvalue weighted by molar-refractivity contribution is 6.30. The molecule has 0 radical (unpaired) electrons. The zero-order chi connectivity index (χ0) is 22.1. The minimum Gasteiger partial charge on any atom is -0.474 e. The second-order valence-corrected chi connectivity index (χ2v) is 6.44. The van der Waals surface area contributed by atoms with Crippen molar-refractivity contribution >= 4 is 17.6 Å². The Bertz CT molecular complexity index is 817. The molecule has 0 heterocycles. The fourth-order valence-electron chi connectivity index (χ4n) is 2.40. The Kier molecular flexibility index (Phi) is 8.91. The van der Waals surface area contributed by atoms with Crippen LogP contribution in [0.15, 0.2) is 48.5 Å². The first-order valence-electron chi connectivity index (χ1n) is 8.99. The summed E-state index contributed by atoms with van der Waals surface area (Å²) in [5.74, 6) is -0.964. The van der Waals surface area contributed by atoms with Crippen molar-refractivity contribution in [2.45, 2.75) is 25.6 Å². The van der Waals surface area contributed by atoms with Gasteiger partial charge in [0.15, 0.2) is 0 Å². The van der Waals surface area contributed by atoms with Gasteiger partial charge in [-0.05, 0) is 37.3 Å². The number of carbonyl (C=O) groups excluding carboxylic acids is 1. The number of ether oxygens (including phenoxy) is 3. The summed E-state index contributed by atoms with van der Waals surface area (Å²) in [7, 11) is 0. The summed E-state index contributed by atoms with van der Waals surface area (Å²) >= 11 is 5.86. The summed E-state index contributed by atoms with van der Waals surface area (Å²) in [5.41, 5.74) is -0.554. The van der Waals surface area contributed by atoms with E-state index in [4.69, 9.17) is 25.8 Å². The van der Waals surface area contributed by atoms with E-state index in [1.807, 2.05) is 0 Å². The first-order chi connectivity index (χ1) is 14.2. The van der Waals surface area contributed by atoms with Crippen LogP contribution in [-0.4, -0.2) is 37.2 Å². The Balaban J connectivity index is 2.11. The minimum absolute atomic E-state index is 0.0871. The average molecular weight is 448 g/mol. The lowest BCUT2D eigenvalue weighted by atomic mass is 10.1. The summed E-state index contributed by atoms with van der Waals surface area (Å²) in [6.45, 7) is 1.95. The number of alkyl halides is 3. The Morgan fingerprint density at radius 3 is 2.53 bits per heavy atom. The third kappa shape index (κ3) is 7.49. The maximum Gasteiger partial charge on any atom is 0.416 e. The maximum atomic E-state index is 13.0. The van der Waals surface area contributed by atoms with Crippen LogP contribution in [-0.2, 0) is 20.4 Å². The maximum absolute atomic E-state index is 13.0. The molecular weight excluding hydrogens is 427 g/mol. The lowest BCUT2D eigenvalue weighted by molar-refractivity contribution is -0.154. The summed E-state index contributed by atoms with van der Waals surface area (Å²) in [4.78, 5) is 12.6. The van der Waals surface area contributed by atoms with Gasteiger partial charge in [-0.1, -0.05) is 29.8 Å². The van der Waals surface area contributed by atoms with Gasteiger partial charge in [-0.25, -0.2) is 4.79 Å². The second-order valence-electron chi connectivity index (χ2n) is 6.00. The van der Waals surface area contributed by atoms with Crippen molar-refractivity contribution in [3.8, 4) is 5.75 Å². The first kappa shape index (κ1) is 23.9. The van der Waals surface area contributed by atoms with E-state index in [0.717, 1.165) is 12.1 Å². The Morgan fingerprint density at radius 1 is 1.20 bits per heavy atom. The minimum atomic E-state index is -4.55. The SMILES string of the molecule is CCOC(O)NCCOC(=O)C(Oc1cccc(C(F)(F)F)c1)c1ccc(Cl)cc1. The molecule has 0 saturated carbocycles. The zero-order valence-corrected chi connectivity index (χ0v) is 16.7. The van der Waals surface area contributed by atoms with E-state index in [9.17, 15) is 23.1 Å². The van der Waals surface area contributed by atoms with Gasteiger partial charge < -0.3 is 19.3 Å². The Labute approximate surface area is 176 Å². The van der Waals surface area contributed by atoms with Crippen molar-refractivity contribution < 1.29 is 37.3 Å². The van der Waals surface area contributed by atoms with Crippen LogP contribution >= 0.6 is 11.6 Å². The van der Waals surface area contributed by atoms with Gasteiger partial charge in [0.25, 0.3) is 0 Å². The molecule has 2 unspecified atom stereocenters. The summed E-state index contributed by atoms with van der Waals surface area (Å²) in [5, 5.41) is 12.4. The smallest absolute Gasteiger partial charge is 0.416 e. The van der Waals surface area contributed by atoms with E-state index in [0.29, 0.717) is 10.6 Å². The normalized spacial score (nSPS) is 13.5. The van der Waals surface area contributed by atoms with Gasteiger partial charge in [0.05, 0.1) is 5.56 Å². The molecule has 0 aliphatic rings. The number of aliphatic hydroxyl groups is 1. The molecule has 6 nitrogen and oxygen atoms in total. The molecule has 0 amide bonds. The predicted octanol–water partition coefficient (Wildman–Crippen LogP) is 3.92. The fraction of sp³-hybridized carbons (Fsp3) is 0.350. The van der Waals surface area contributed by atoms with Crippen LogP contribution < -0.4 is 10.1 Å². The van der Waals surface area contributed by atoms with E-state index in [1.54, 1.807) is 6.92 Å². The zero-order valence-electron chi connectivity index (χ0n) is 16.0. The standard InChI is InChI=1S/C20H21ClF3NO5/c1-2-28-19(27)25-10-11-29-18(26)17(13-6-8-15(21)9-7-13)30-16-5-3-4-14(12-16)20(22,23)24/h3-9,12,17,19,25,27H,2,10-11H2,1H3. The van der Waals surface area contributed by atoms with Crippen molar-refractivity contribution in [1.82, 2.24) is 5.32 Å². The summed E-state index contributed by atoms with van der Waals surface area (Å²) in [6.07, 6.45) is -7.08. The molecule has 0 fully saturated rings. The fourth-order valence-corrected chi connectivity index (χ4v) is 2.52. The molecule has 2 aromatic carbocycles. The van der Waals surface area contributed by atoms with E-state index < -0.39 is 30.2 Å². The third-order valence-electron chi connectivity index (χ3n) is 3.79. The van der Waals surface area contributed by atoms with Gasteiger partial charge in [0.1, 0.15) is 12.4 Å². The number of nitrogens with one attached hydrogen (secondary N) is 1. The van der Waals surface area contributed by atoms with E-state index in [-0.39, 0.29) is 25.5 Å². The van der Waals surface area contributed by atoms with Crippen molar-refractivity contribution in [1.29, 1.82) is 0 Å². The molecule has 0 aromatic heterocycles. The molecule has 2 rings (SSSR count). The molecule has 0 aliphatic carbocycles. The molecule has 0 bridgehead atoms. The van der Waals surface area contributed by atoms with Gasteiger partial charge in [0, 0.05) is 23.7 Å². The van der Waals surface area contributed by atoms with Crippen LogP contribution in [0.25, 0.3) is 0 Å². The van der Waals surface area contributed by atoms with Crippen molar-refractivity contribution in [2.24, 2.45) is 0 Å². The third-order valence-corrected chi connectivity index (χ3v) is 4.04. The number of hydrogen-bond donors (Lipinski definition) is 2. The van der Waals surface area contributed by atoms with Crippen LogP contribution in [0.1, 0.15) is 24.2 Å². The van der Waals surface area contributed by atoms with Gasteiger partial charge in [-0.3, -0.25) is 5.32 Å². The molecular formula is C20H21ClF3NO5. The van der Waals surface area contributed by atoms with Crippen LogP contribution in [0.4, 0.5) is 13.2 Å². The lowest BCUT2D eigenvalue weighted by Crippen LogP contribution is -2.35. The molecule has 2 aromatic rings. The molecule has 2 atom stereocenters. The number of esters is 1. The van der Waals surface area contributed by atoms with E-state index >= 15 is 0 Å². The van der Waals surface area contributed by atoms with Crippen LogP contribution in [0, 0.1) is 0 Å². The molecule has 10 heteroatoms. The van der Waals surface area contributed by atoms with Gasteiger partial charge >= 0.3 is 12.1 Å². The lowest BCUT2D eigenvalue weighted by Gasteiger charge is -2.20. The topological polar surface area (TPSA) is 77.0 Å². The van der Waals surface area contributed by atoms with Gasteiger partial charge in [-0.15, -0.1) is 0 Å². The largest absolute Gasteiger partial charge is 0.474 e. The van der Waals surface area contributed by atoms with Gasteiger partial charge in [-0.2, -0.15) is 13.2 Å². The summed E-state index contributed by atoms with van der Waals surface area (Å²) < 4.78 is 54.4. The molecule has 164 valence electrons. The number of halogens is 4. The molecule has 30 heavy (non-hydrogen) atoms. The number of hydrogen-bond acceptors (Lipinski definition) is 6. The van der Waals surface area contributed by atoms with E-state index in [2.05, 4.69) is 5.32 Å². The number of carbonyl (C=O) groups is 1. The molecule has 2 N–H and O–H groups in total. The first-order valence-corrected chi connectivity index (χ1v) is 9.37. The Morgan fingerprint density at radius 2 is 1.90 bits per heavy atom. The van der Waals surface area contributed by atoms with Crippen molar-refractivity contribution in [3.63, 3.8) is 0 Å². The molecule has 0 saturated heterocycles. The van der Waals surface area contributed by atoms with Gasteiger partial charge in [0.2, 0.25) is 12.5 Å². The van der Waals surface area contributed by atoms with Crippen LogP contribution in [0.2, 0.25) is 5.02 Å². The number of rotatable bonds is 10. The highest BCUT2D eigenvalue weighted by Crippen LogP contribution is 2.33. The van der Waals surface area contributed by atoms with E-state index in [1.165, 1.54) is 36.4 Å². The predicted molar refractivity (Wildman–Crippen MR) is 103 cm³/mol. The quantitative estimate of drug-likeness (QED) is 0.326. The highest BCUT2D eigenvalue weighted by atomic mass is 35.5. The summed E-state index contributed by atoms with van der Waals surface area (Å²) in [6, 6.07) is 10.3. The average Bonchev–Trinajstić information content (AvgIpc) is 2.70. The van der Waals surface area contributed by atoms with Crippen molar-refractivity contribution in [3.05, 3.63) is 64.7 Å². The Hall–Kier alpha value is -2.33. The monoisotopic (exact) mass is 447 g/mol. The molecule has 0 aliphatic heterocycles. The van der Waals surface area contributed by atoms with Crippen molar-refractivity contribution in [2.75, 3.05) is 19.8 Å². The van der Waals surface area contributed by atoms with Crippen LogP contribution in [0.5, 0.6) is 5.75 Å². The highest BCUT2D eigenvalue weighted by Gasteiger charge is 2.31.